The van der Waals surface area contributed by atoms with Gasteiger partial charge in [-0.2, -0.15) is 13.2 Å². The molecular formula is C22H25F3N2O2. The van der Waals surface area contributed by atoms with Crippen LogP contribution in [0.2, 0.25) is 0 Å². The van der Waals surface area contributed by atoms with Gasteiger partial charge in [0, 0.05) is 19.7 Å². The van der Waals surface area contributed by atoms with Crippen molar-refractivity contribution in [1.82, 2.24) is 9.80 Å². The molecule has 0 spiro atoms. The number of amides is 1. The summed E-state index contributed by atoms with van der Waals surface area (Å²) in [5, 5.41) is 9.38. The number of halogens is 3. The Morgan fingerprint density at radius 2 is 1.59 bits per heavy atom. The fourth-order valence-electron chi connectivity index (χ4n) is 3.97. The normalized spacial score (nSPS) is 17.5. The lowest BCUT2D eigenvalue weighted by Gasteiger charge is -2.36. The Bertz CT molecular complexity index is 744. The summed E-state index contributed by atoms with van der Waals surface area (Å²) < 4.78 is 38.6. The van der Waals surface area contributed by atoms with Gasteiger partial charge in [0.15, 0.2) is 0 Å². The molecule has 1 atom stereocenters. The second-order valence-corrected chi connectivity index (χ2v) is 7.22. The minimum absolute atomic E-state index is 0.0556. The number of hydrogen-bond acceptors (Lipinski definition) is 3. The highest BCUT2D eigenvalue weighted by Gasteiger charge is 2.43. The first-order chi connectivity index (χ1) is 13.9. The number of carbonyl (C=O) groups excluding carboxylic acids is 1. The number of aliphatic hydroxyl groups excluding tert-OH is 1. The van der Waals surface area contributed by atoms with Gasteiger partial charge in [0.25, 0.3) is 0 Å². The van der Waals surface area contributed by atoms with Crippen molar-refractivity contribution in [1.29, 1.82) is 0 Å². The van der Waals surface area contributed by atoms with Crippen LogP contribution in [-0.2, 0) is 4.79 Å². The fourth-order valence-corrected chi connectivity index (χ4v) is 3.97. The zero-order chi connectivity index (χ0) is 20.9. The van der Waals surface area contributed by atoms with E-state index in [-0.39, 0.29) is 19.2 Å². The van der Waals surface area contributed by atoms with E-state index in [4.69, 9.17) is 0 Å². The Morgan fingerprint density at radius 1 is 1.03 bits per heavy atom. The van der Waals surface area contributed by atoms with Gasteiger partial charge in [-0.1, -0.05) is 60.7 Å². The van der Waals surface area contributed by atoms with Crippen LogP contribution in [0.15, 0.2) is 60.7 Å². The highest BCUT2D eigenvalue weighted by atomic mass is 19.4. The zero-order valence-electron chi connectivity index (χ0n) is 16.1. The molecule has 2 aromatic rings. The van der Waals surface area contributed by atoms with Crippen LogP contribution in [0.3, 0.4) is 0 Å². The molecule has 156 valence electrons. The van der Waals surface area contributed by atoms with Crippen molar-refractivity contribution in [3.63, 3.8) is 0 Å². The minimum atomic E-state index is -4.42. The maximum Gasteiger partial charge on any atom is 0.406 e. The third kappa shape index (κ3) is 5.36. The molecule has 1 aliphatic heterocycles. The molecule has 4 nitrogen and oxygen atoms in total. The number of alkyl halides is 3. The number of carbonyl (C=O) groups is 1. The molecule has 1 heterocycles. The zero-order valence-corrected chi connectivity index (χ0v) is 16.1. The van der Waals surface area contributed by atoms with E-state index in [9.17, 15) is 23.1 Å². The predicted molar refractivity (Wildman–Crippen MR) is 104 cm³/mol. The van der Waals surface area contributed by atoms with Gasteiger partial charge < -0.3 is 10.0 Å². The molecule has 0 saturated carbocycles. The summed E-state index contributed by atoms with van der Waals surface area (Å²) in [5.41, 5.74) is 1.91. The van der Waals surface area contributed by atoms with Crippen LogP contribution in [0.4, 0.5) is 13.2 Å². The second kappa shape index (κ2) is 9.41. The standard InChI is InChI=1S/C22H25F3N2O2/c23-22(24,25)16-26-14-12-19(21(26)29)27(13-7-15-28)20(17-8-3-1-4-9-17)18-10-5-2-6-11-18/h1-6,8-11,19-20,28H,7,12-16H2. The van der Waals surface area contributed by atoms with Crippen LogP contribution in [0.1, 0.15) is 30.0 Å². The van der Waals surface area contributed by atoms with Gasteiger partial charge in [0.05, 0.1) is 12.1 Å². The molecule has 3 rings (SSSR count). The molecule has 2 aromatic carbocycles. The second-order valence-electron chi connectivity index (χ2n) is 7.22. The third-order valence-corrected chi connectivity index (χ3v) is 5.18. The quantitative estimate of drug-likeness (QED) is 0.728. The van der Waals surface area contributed by atoms with Gasteiger partial charge in [0.2, 0.25) is 5.91 Å². The van der Waals surface area contributed by atoms with E-state index in [1.54, 1.807) is 0 Å². The van der Waals surface area contributed by atoms with Gasteiger partial charge in [-0.25, -0.2) is 0 Å². The van der Waals surface area contributed by atoms with E-state index in [0.29, 0.717) is 19.4 Å². The van der Waals surface area contributed by atoms with E-state index in [1.807, 2.05) is 65.6 Å². The van der Waals surface area contributed by atoms with Crippen LogP contribution in [-0.4, -0.2) is 59.3 Å². The molecule has 1 saturated heterocycles. The van der Waals surface area contributed by atoms with Gasteiger partial charge in [-0.15, -0.1) is 0 Å². The molecule has 1 aliphatic rings. The molecule has 7 heteroatoms. The third-order valence-electron chi connectivity index (χ3n) is 5.18. The smallest absolute Gasteiger partial charge is 0.396 e. The summed E-state index contributed by atoms with van der Waals surface area (Å²) in [6.45, 7) is -0.798. The molecule has 29 heavy (non-hydrogen) atoms. The Labute approximate surface area is 168 Å². The van der Waals surface area contributed by atoms with E-state index in [2.05, 4.69) is 0 Å². The van der Waals surface area contributed by atoms with Crippen molar-refractivity contribution in [2.45, 2.75) is 31.1 Å². The van der Waals surface area contributed by atoms with Crippen LogP contribution >= 0.6 is 0 Å². The van der Waals surface area contributed by atoms with Crippen LogP contribution in [0.5, 0.6) is 0 Å². The fraction of sp³-hybridized carbons (Fsp3) is 0.409. The van der Waals surface area contributed by atoms with Crippen molar-refractivity contribution in [3.05, 3.63) is 71.8 Å². The average Bonchev–Trinajstić information content (AvgIpc) is 3.05. The Morgan fingerprint density at radius 3 is 2.07 bits per heavy atom. The lowest BCUT2D eigenvalue weighted by molar-refractivity contribution is -0.159. The number of benzene rings is 2. The van der Waals surface area contributed by atoms with E-state index in [1.165, 1.54) is 0 Å². The largest absolute Gasteiger partial charge is 0.406 e. The van der Waals surface area contributed by atoms with E-state index < -0.39 is 24.7 Å². The monoisotopic (exact) mass is 406 g/mol. The maximum atomic E-state index is 12.9. The topological polar surface area (TPSA) is 43.8 Å². The van der Waals surface area contributed by atoms with Crippen molar-refractivity contribution in [2.24, 2.45) is 0 Å². The molecular weight excluding hydrogens is 381 g/mol. The molecule has 0 aliphatic carbocycles. The SMILES string of the molecule is O=C1C(N(CCCO)C(c2ccccc2)c2ccccc2)CCN1CC(F)(F)F. The molecule has 0 aromatic heterocycles. The molecule has 0 bridgehead atoms. The Kier molecular flexibility index (Phi) is 6.92. The Balaban J connectivity index is 1.96. The highest BCUT2D eigenvalue weighted by molar-refractivity contribution is 5.84. The number of rotatable bonds is 8. The molecule has 0 radical (unpaired) electrons. The number of hydrogen-bond donors (Lipinski definition) is 1. The van der Waals surface area contributed by atoms with Crippen molar-refractivity contribution in [2.75, 3.05) is 26.2 Å². The van der Waals surface area contributed by atoms with Crippen LogP contribution < -0.4 is 0 Å². The maximum absolute atomic E-state index is 12.9. The van der Waals surface area contributed by atoms with Crippen LogP contribution in [0, 0.1) is 0 Å². The average molecular weight is 406 g/mol. The predicted octanol–water partition coefficient (Wildman–Crippen LogP) is 3.62. The van der Waals surface area contributed by atoms with E-state index in [0.717, 1.165) is 16.0 Å². The van der Waals surface area contributed by atoms with Crippen molar-refractivity contribution < 1.29 is 23.1 Å². The lowest BCUT2D eigenvalue weighted by atomic mass is 9.95. The summed E-state index contributed by atoms with van der Waals surface area (Å²) in [7, 11) is 0. The lowest BCUT2D eigenvalue weighted by Crippen LogP contribution is -2.46. The summed E-state index contributed by atoms with van der Waals surface area (Å²) in [6, 6.07) is 18.3. The first-order valence-corrected chi connectivity index (χ1v) is 9.73. The molecule has 1 fully saturated rings. The summed E-state index contributed by atoms with van der Waals surface area (Å²) in [6.07, 6.45) is -3.66. The molecule has 1 unspecified atom stereocenters. The number of nitrogens with zero attached hydrogens (tertiary/aromatic N) is 2. The van der Waals surface area contributed by atoms with Gasteiger partial charge in [0.1, 0.15) is 6.54 Å². The van der Waals surface area contributed by atoms with Gasteiger partial charge in [-0.3, -0.25) is 9.69 Å². The molecule has 1 N–H and O–H groups in total. The molecule has 1 amide bonds. The van der Waals surface area contributed by atoms with E-state index >= 15 is 0 Å². The minimum Gasteiger partial charge on any atom is -0.396 e. The van der Waals surface area contributed by atoms with Crippen molar-refractivity contribution in [3.8, 4) is 0 Å². The van der Waals surface area contributed by atoms with Crippen molar-refractivity contribution >= 4 is 5.91 Å². The summed E-state index contributed by atoms with van der Waals surface area (Å²) in [4.78, 5) is 15.7. The Hall–Kier alpha value is -2.38. The number of likely N-dealkylation sites (tertiary alicyclic amines) is 1. The summed E-state index contributed by atoms with van der Waals surface area (Å²) in [5.74, 6) is -0.503. The first-order valence-electron chi connectivity index (χ1n) is 9.73. The number of aliphatic hydroxyl groups is 1. The first kappa shape index (κ1) is 21.3. The highest BCUT2D eigenvalue weighted by Crippen LogP contribution is 2.34. The van der Waals surface area contributed by atoms with Crippen LogP contribution in [0.25, 0.3) is 0 Å². The van der Waals surface area contributed by atoms with Gasteiger partial charge in [-0.05, 0) is 24.0 Å². The van der Waals surface area contributed by atoms with Gasteiger partial charge >= 0.3 is 6.18 Å². The summed E-state index contributed by atoms with van der Waals surface area (Å²) >= 11 is 0.